The third-order valence-electron chi connectivity index (χ3n) is 9.87. The second-order valence-corrected chi connectivity index (χ2v) is 17.2. The van der Waals surface area contributed by atoms with Gasteiger partial charge in [0.05, 0.1) is 24.2 Å². The van der Waals surface area contributed by atoms with Gasteiger partial charge < -0.3 is 23.7 Å². The zero-order chi connectivity index (χ0) is 24.1. The van der Waals surface area contributed by atoms with Gasteiger partial charge in [-0.15, -0.1) is 6.58 Å². The molecule has 7 heteroatoms. The summed E-state index contributed by atoms with van der Waals surface area (Å²) >= 11 is 0. The third kappa shape index (κ3) is 2.71. The molecule has 0 amide bonds. The molecule has 2 spiro atoms. The highest BCUT2D eigenvalue weighted by Gasteiger charge is 2.77. The van der Waals surface area contributed by atoms with Crippen molar-refractivity contribution in [2.24, 2.45) is 0 Å². The fourth-order valence-corrected chi connectivity index (χ4v) is 8.25. The van der Waals surface area contributed by atoms with Crippen LogP contribution in [0.1, 0.15) is 51.2 Å². The average molecular weight is 486 g/mol. The Morgan fingerprint density at radius 2 is 1.94 bits per heavy atom. The molecule has 0 radical (unpaired) electrons. The van der Waals surface area contributed by atoms with Gasteiger partial charge in [0, 0.05) is 24.6 Å². The first-order chi connectivity index (χ1) is 16.0. The van der Waals surface area contributed by atoms with Crippen LogP contribution in [0.4, 0.5) is 0 Å². The van der Waals surface area contributed by atoms with E-state index in [0.717, 1.165) is 43.0 Å². The van der Waals surface area contributed by atoms with E-state index in [4.69, 9.17) is 18.6 Å². The number of piperidine rings is 1. The van der Waals surface area contributed by atoms with Crippen LogP contribution < -0.4 is 9.16 Å². The van der Waals surface area contributed by atoms with Gasteiger partial charge in [0.25, 0.3) is 8.32 Å². The fourth-order valence-electron chi connectivity index (χ4n) is 7.24. The molecule has 3 aliphatic heterocycles. The molecule has 1 saturated carbocycles. The van der Waals surface area contributed by atoms with Gasteiger partial charge in [0.1, 0.15) is 5.75 Å². The first-order valence-electron chi connectivity index (χ1n) is 12.9. The van der Waals surface area contributed by atoms with E-state index in [2.05, 4.69) is 57.5 Å². The number of benzene rings is 1. The lowest BCUT2D eigenvalue weighted by Gasteiger charge is -2.65. The quantitative estimate of drug-likeness (QED) is 0.511. The van der Waals surface area contributed by atoms with Crippen LogP contribution in [0.3, 0.4) is 0 Å². The summed E-state index contributed by atoms with van der Waals surface area (Å²) in [6, 6.07) is 4.34. The van der Waals surface area contributed by atoms with Gasteiger partial charge >= 0.3 is 0 Å². The highest BCUT2D eigenvalue weighted by atomic mass is 28.4. The zero-order valence-corrected chi connectivity index (χ0v) is 22.3. The van der Waals surface area contributed by atoms with Gasteiger partial charge in [0.15, 0.2) is 11.9 Å². The van der Waals surface area contributed by atoms with E-state index in [9.17, 15) is 5.11 Å². The Hall–Kier alpha value is -1.38. The van der Waals surface area contributed by atoms with E-state index < -0.39 is 25.1 Å². The molecule has 186 valence electrons. The Balaban J connectivity index is 1.54. The summed E-state index contributed by atoms with van der Waals surface area (Å²) in [5, 5.41) is 12.7. The minimum atomic E-state index is -2.09. The molecule has 2 aliphatic carbocycles. The number of ether oxygens (including phenoxy) is 3. The van der Waals surface area contributed by atoms with Gasteiger partial charge in [0.2, 0.25) is 5.79 Å². The predicted octanol–water partition coefficient (Wildman–Crippen LogP) is 4.15. The van der Waals surface area contributed by atoms with Gasteiger partial charge in [-0.05, 0) is 55.6 Å². The lowest BCUT2D eigenvalue weighted by atomic mass is 9.48. The van der Waals surface area contributed by atoms with E-state index in [-0.39, 0.29) is 17.2 Å². The largest absolute Gasteiger partial charge is 0.541 e. The normalized spacial score (nSPS) is 35.7. The van der Waals surface area contributed by atoms with Crippen LogP contribution in [0.2, 0.25) is 18.1 Å². The summed E-state index contributed by atoms with van der Waals surface area (Å²) in [7, 11) is -2.09. The Labute approximate surface area is 204 Å². The average Bonchev–Trinajstić information content (AvgIpc) is 3.36. The summed E-state index contributed by atoms with van der Waals surface area (Å²) in [6.07, 6.45) is 4.45. The van der Waals surface area contributed by atoms with Crippen molar-refractivity contribution in [1.82, 2.24) is 4.90 Å². The Bertz CT molecular complexity index is 1030. The van der Waals surface area contributed by atoms with Crippen molar-refractivity contribution in [3.8, 4) is 11.5 Å². The van der Waals surface area contributed by atoms with E-state index in [1.165, 1.54) is 5.56 Å². The van der Waals surface area contributed by atoms with Crippen molar-refractivity contribution in [3.63, 3.8) is 0 Å². The molecule has 0 aromatic heterocycles. The Kier molecular flexibility index (Phi) is 4.81. The third-order valence-corrected chi connectivity index (χ3v) is 14.2. The lowest BCUT2D eigenvalue weighted by Crippen LogP contribution is -2.79. The van der Waals surface area contributed by atoms with Crippen LogP contribution in [0.15, 0.2) is 24.8 Å². The molecule has 3 fully saturated rings. The van der Waals surface area contributed by atoms with Gasteiger partial charge in [-0.2, -0.15) is 0 Å². The van der Waals surface area contributed by atoms with Crippen molar-refractivity contribution in [2.75, 3.05) is 26.3 Å². The number of fused-ring (bicyclic) bond motifs is 1. The number of rotatable bonds is 4. The minimum absolute atomic E-state index is 0.0229. The van der Waals surface area contributed by atoms with E-state index >= 15 is 0 Å². The van der Waals surface area contributed by atoms with E-state index in [1.54, 1.807) is 0 Å². The molecule has 1 aromatic carbocycles. The standard InChI is InChI=1S/C27H39NO5Si/c1-7-13-28-14-12-25-21-18-8-9-19(33-34(5,6)24(2,3)4)22(21)32-23(25)27(30-15-16-31-27)11-10-26(25,29)20(28)17-18/h7-9,20,23,29H,1,10-17H2,2-6H3/t20?,23?,25?,26-/m1/s1. The summed E-state index contributed by atoms with van der Waals surface area (Å²) in [4.78, 5) is 2.41. The molecular weight excluding hydrogens is 446 g/mol. The van der Waals surface area contributed by atoms with E-state index in [0.29, 0.717) is 26.1 Å². The zero-order valence-electron chi connectivity index (χ0n) is 21.3. The Morgan fingerprint density at radius 3 is 2.62 bits per heavy atom. The molecule has 4 atom stereocenters. The minimum Gasteiger partial charge on any atom is -0.541 e. The number of hydrogen-bond donors (Lipinski definition) is 1. The van der Waals surface area contributed by atoms with Crippen LogP contribution in [0.5, 0.6) is 11.5 Å². The molecule has 1 aromatic rings. The maximum atomic E-state index is 12.6. The molecule has 34 heavy (non-hydrogen) atoms. The molecule has 6 rings (SSSR count). The number of hydrogen-bond acceptors (Lipinski definition) is 6. The maximum Gasteiger partial charge on any atom is 0.250 e. The molecule has 5 aliphatic rings. The van der Waals surface area contributed by atoms with Crippen LogP contribution in [0, 0.1) is 0 Å². The first-order valence-corrected chi connectivity index (χ1v) is 15.8. The molecule has 1 N–H and O–H groups in total. The van der Waals surface area contributed by atoms with Crippen molar-refractivity contribution < 1.29 is 23.7 Å². The van der Waals surface area contributed by atoms with Crippen molar-refractivity contribution >= 4 is 8.32 Å². The van der Waals surface area contributed by atoms with Crippen LogP contribution >= 0.6 is 0 Å². The predicted molar refractivity (Wildman–Crippen MR) is 133 cm³/mol. The molecule has 2 saturated heterocycles. The topological polar surface area (TPSA) is 60.4 Å². The molecule has 2 bridgehead atoms. The molecule has 3 unspecified atom stereocenters. The molecule has 6 nitrogen and oxygen atoms in total. The smallest absolute Gasteiger partial charge is 0.250 e. The molecule has 3 heterocycles. The first kappa shape index (κ1) is 23.0. The summed E-state index contributed by atoms with van der Waals surface area (Å²) in [5.74, 6) is 0.831. The lowest BCUT2D eigenvalue weighted by molar-refractivity contribution is -0.296. The number of likely N-dealkylation sites (tertiary alicyclic amines) is 1. The summed E-state index contributed by atoms with van der Waals surface area (Å²) in [5.41, 5.74) is 0.948. The highest BCUT2D eigenvalue weighted by Crippen LogP contribution is 2.68. The molecular formula is C27H39NO5Si. The fraction of sp³-hybridized carbons (Fsp3) is 0.704. The number of aliphatic hydroxyl groups is 1. The van der Waals surface area contributed by atoms with Crippen LogP contribution in [0.25, 0.3) is 0 Å². The van der Waals surface area contributed by atoms with E-state index in [1.807, 2.05) is 6.08 Å². The number of nitrogens with zero attached hydrogens (tertiary/aromatic N) is 1. The maximum absolute atomic E-state index is 12.6. The van der Waals surface area contributed by atoms with Crippen molar-refractivity contribution in [3.05, 3.63) is 35.9 Å². The highest BCUT2D eigenvalue weighted by molar-refractivity contribution is 6.74. The van der Waals surface area contributed by atoms with Crippen LogP contribution in [-0.2, 0) is 21.3 Å². The van der Waals surface area contributed by atoms with Gasteiger partial charge in [-0.3, -0.25) is 4.90 Å². The second-order valence-electron chi connectivity index (χ2n) is 12.4. The monoisotopic (exact) mass is 485 g/mol. The Morgan fingerprint density at radius 1 is 1.21 bits per heavy atom. The van der Waals surface area contributed by atoms with Gasteiger partial charge in [-0.1, -0.05) is 32.9 Å². The summed E-state index contributed by atoms with van der Waals surface area (Å²) < 4.78 is 26.4. The van der Waals surface area contributed by atoms with Crippen LogP contribution in [-0.4, -0.2) is 68.2 Å². The second kappa shape index (κ2) is 7.10. The van der Waals surface area contributed by atoms with Gasteiger partial charge in [-0.25, -0.2) is 0 Å². The SMILES string of the molecule is C=CCN1CCC23c4c5ccc(O[Si](C)(C)C(C)(C)C)c4OC2C2(CC[C@@]3(O)C1C5)OCCO2. The van der Waals surface area contributed by atoms with Crippen molar-refractivity contribution in [1.29, 1.82) is 0 Å². The van der Waals surface area contributed by atoms with Crippen molar-refractivity contribution in [2.45, 2.75) is 93.5 Å². The summed E-state index contributed by atoms with van der Waals surface area (Å²) in [6.45, 7) is 18.1.